The number of nitrogens with zero attached hydrogens (tertiary/aromatic N) is 1. The molecule has 3 N–H and O–H groups in total. The fourth-order valence-corrected chi connectivity index (χ4v) is 3.20. The van der Waals surface area contributed by atoms with Crippen LogP contribution in [0.4, 0.5) is 0 Å². The predicted molar refractivity (Wildman–Crippen MR) is 102 cm³/mol. The molecule has 0 amide bonds. The largest absolute Gasteiger partial charge is 0.326 e. The number of hydrogen-bond donors (Lipinski definition) is 2. The predicted octanol–water partition coefficient (Wildman–Crippen LogP) is 3.85. The van der Waals surface area contributed by atoms with Crippen LogP contribution in [0.25, 0.3) is 0 Å². The summed E-state index contributed by atoms with van der Waals surface area (Å²) in [6.07, 6.45) is 9.44. The third-order valence-electron chi connectivity index (χ3n) is 4.66. The van der Waals surface area contributed by atoms with Crippen molar-refractivity contribution in [2.24, 2.45) is 11.7 Å². The Hall–Kier alpha value is -2.67. The third-order valence-corrected chi connectivity index (χ3v) is 4.66. The molecule has 126 valence electrons. The highest BCUT2D eigenvalue weighted by Crippen LogP contribution is 2.26. The summed E-state index contributed by atoms with van der Waals surface area (Å²) in [6, 6.07) is 20.2. The Labute approximate surface area is 149 Å². The van der Waals surface area contributed by atoms with Crippen molar-refractivity contribution < 1.29 is 0 Å². The molecule has 3 nitrogen and oxygen atoms in total. The normalized spacial score (nSPS) is 18.5. The van der Waals surface area contributed by atoms with Gasteiger partial charge in [0.1, 0.15) is 0 Å². The first-order valence-electron chi connectivity index (χ1n) is 8.64. The van der Waals surface area contributed by atoms with Gasteiger partial charge in [0.2, 0.25) is 0 Å². The molecule has 3 atom stereocenters. The first kappa shape index (κ1) is 17.2. The van der Waals surface area contributed by atoms with Crippen molar-refractivity contribution in [3.8, 4) is 6.07 Å². The lowest BCUT2D eigenvalue weighted by Gasteiger charge is -2.31. The summed E-state index contributed by atoms with van der Waals surface area (Å²) >= 11 is 0. The Balaban J connectivity index is 1.80. The van der Waals surface area contributed by atoms with Gasteiger partial charge in [0.15, 0.2) is 0 Å². The average Bonchev–Trinajstić information content (AvgIpc) is 2.70. The number of benzene rings is 2. The average molecular weight is 329 g/mol. The van der Waals surface area contributed by atoms with Gasteiger partial charge in [-0.1, -0.05) is 66.8 Å². The van der Waals surface area contributed by atoms with Crippen LogP contribution in [-0.2, 0) is 6.54 Å². The molecule has 3 heteroatoms. The zero-order chi connectivity index (χ0) is 17.5. The lowest BCUT2D eigenvalue weighted by molar-refractivity contribution is 0.369. The highest BCUT2D eigenvalue weighted by molar-refractivity contribution is 5.34. The molecule has 0 heterocycles. The number of nitrogens with two attached hydrogens (primary N) is 1. The topological polar surface area (TPSA) is 61.8 Å². The molecule has 0 aromatic heterocycles. The van der Waals surface area contributed by atoms with E-state index in [0.29, 0.717) is 11.5 Å². The van der Waals surface area contributed by atoms with Crippen LogP contribution >= 0.6 is 0 Å². The van der Waals surface area contributed by atoms with E-state index in [1.54, 1.807) is 0 Å². The van der Waals surface area contributed by atoms with Crippen molar-refractivity contribution in [1.82, 2.24) is 5.32 Å². The van der Waals surface area contributed by atoms with Crippen molar-refractivity contribution in [2.45, 2.75) is 25.0 Å². The van der Waals surface area contributed by atoms with Crippen LogP contribution in [0.2, 0.25) is 0 Å². The summed E-state index contributed by atoms with van der Waals surface area (Å²) in [5, 5.41) is 12.6. The Kier molecular flexibility index (Phi) is 5.79. The molecule has 0 saturated carbocycles. The number of nitriles is 1. The highest BCUT2D eigenvalue weighted by atomic mass is 15.0. The molecule has 2 aromatic carbocycles. The fourth-order valence-electron chi connectivity index (χ4n) is 3.20. The molecule has 0 spiro atoms. The first-order valence-corrected chi connectivity index (χ1v) is 8.64. The van der Waals surface area contributed by atoms with E-state index in [1.807, 2.05) is 42.5 Å². The second kappa shape index (κ2) is 8.43. The molecule has 3 rings (SSSR count). The molecule has 0 saturated heterocycles. The Bertz CT molecular complexity index is 769. The maximum atomic E-state index is 9.03. The van der Waals surface area contributed by atoms with Crippen LogP contribution in [0.5, 0.6) is 0 Å². The van der Waals surface area contributed by atoms with E-state index in [4.69, 9.17) is 11.0 Å². The Morgan fingerprint density at radius 1 is 1.08 bits per heavy atom. The first-order chi connectivity index (χ1) is 12.3. The van der Waals surface area contributed by atoms with Crippen LogP contribution < -0.4 is 11.1 Å². The third kappa shape index (κ3) is 4.45. The van der Waals surface area contributed by atoms with Crippen molar-refractivity contribution in [3.63, 3.8) is 0 Å². The second-order valence-corrected chi connectivity index (χ2v) is 6.37. The number of allylic oxidation sites excluding steroid dienone is 3. The molecule has 0 bridgehead atoms. The quantitative estimate of drug-likeness (QED) is 0.846. The van der Waals surface area contributed by atoms with E-state index in [9.17, 15) is 0 Å². The lowest BCUT2D eigenvalue weighted by Crippen LogP contribution is -2.42. The fraction of sp³-hybridized carbons (Fsp3) is 0.227. The monoisotopic (exact) mass is 329 g/mol. The minimum absolute atomic E-state index is 0.0223. The zero-order valence-corrected chi connectivity index (χ0v) is 14.2. The van der Waals surface area contributed by atoms with Crippen LogP contribution in [0.15, 0.2) is 78.9 Å². The van der Waals surface area contributed by atoms with Gasteiger partial charge in [-0.15, -0.1) is 0 Å². The minimum atomic E-state index is -0.0437. The minimum Gasteiger partial charge on any atom is -0.326 e. The van der Waals surface area contributed by atoms with E-state index in [2.05, 4.69) is 47.8 Å². The molecule has 1 aliphatic carbocycles. The molecule has 25 heavy (non-hydrogen) atoms. The Morgan fingerprint density at radius 2 is 1.84 bits per heavy atom. The van der Waals surface area contributed by atoms with Gasteiger partial charge >= 0.3 is 0 Å². The summed E-state index contributed by atoms with van der Waals surface area (Å²) in [5.74, 6) is 0.300. The van der Waals surface area contributed by atoms with Gasteiger partial charge in [-0.3, -0.25) is 0 Å². The maximum Gasteiger partial charge on any atom is 0.0991 e. The summed E-state index contributed by atoms with van der Waals surface area (Å²) in [6.45, 7) is 0.755. The van der Waals surface area contributed by atoms with E-state index < -0.39 is 0 Å². The summed E-state index contributed by atoms with van der Waals surface area (Å²) in [7, 11) is 0. The number of rotatable bonds is 6. The second-order valence-electron chi connectivity index (χ2n) is 6.37. The molecule has 0 aliphatic heterocycles. The van der Waals surface area contributed by atoms with Gasteiger partial charge in [-0.2, -0.15) is 5.26 Å². The standard InChI is InChI=1S/C22H23N3/c23-15-17-11-13-20(14-12-17)22(21(24)19-9-5-2-6-10-19)25-16-18-7-3-1-4-8-18/h1-9,11-14,19,21-22,25H,10,16,24H2/t19?,21?,22-/m1/s1. The smallest absolute Gasteiger partial charge is 0.0991 e. The molecule has 2 aromatic rings. The molecule has 0 radical (unpaired) electrons. The number of hydrogen-bond acceptors (Lipinski definition) is 3. The van der Waals surface area contributed by atoms with E-state index in [0.717, 1.165) is 18.5 Å². The summed E-state index contributed by atoms with van der Waals surface area (Å²) < 4.78 is 0. The highest BCUT2D eigenvalue weighted by Gasteiger charge is 2.25. The van der Waals surface area contributed by atoms with Crippen molar-refractivity contribution in [2.75, 3.05) is 0 Å². The van der Waals surface area contributed by atoms with Gasteiger partial charge in [-0.25, -0.2) is 0 Å². The van der Waals surface area contributed by atoms with Crippen molar-refractivity contribution >= 4 is 0 Å². The van der Waals surface area contributed by atoms with Crippen molar-refractivity contribution in [1.29, 1.82) is 5.26 Å². The van der Waals surface area contributed by atoms with Crippen LogP contribution in [0.3, 0.4) is 0 Å². The van der Waals surface area contributed by atoms with Crippen LogP contribution in [0.1, 0.15) is 29.2 Å². The van der Waals surface area contributed by atoms with Gasteiger partial charge < -0.3 is 11.1 Å². The molecule has 2 unspecified atom stereocenters. The molecule has 0 fully saturated rings. The van der Waals surface area contributed by atoms with Crippen molar-refractivity contribution in [3.05, 3.63) is 95.6 Å². The van der Waals surface area contributed by atoms with Gasteiger partial charge in [0.05, 0.1) is 11.6 Å². The lowest BCUT2D eigenvalue weighted by atomic mass is 9.85. The Morgan fingerprint density at radius 3 is 2.48 bits per heavy atom. The van der Waals surface area contributed by atoms with E-state index >= 15 is 0 Å². The van der Waals surface area contributed by atoms with E-state index in [-0.39, 0.29) is 12.1 Å². The van der Waals surface area contributed by atoms with Gasteiger partial charge in [0.25, 0.3) is 0 Å². The number of nitrogens with one attached hydrogen (secondary N) is 1. The summed E-state index contributed by atoms with van der Waals surface area (Å²) in [5.41, 5.74) is 9.66. The van der Waals surface area contributed by atoms with Crippen LogP contribution in [-0.4, -0.2) is 6.04 Å². The van der Waals surface area contributed by atoms with E-state index in [1.165, 1.54) is 5.56 Å². The zero-order valence-electron chi connectivity index (χ0n) is 14.2. The maximum absolute atomic E-state index is 9.03. The molecular weight excluding hydrogens is 306 g/mol. The van der Waals surface area contributed by atoms with Gasteiger partial charge in [0, 0.05) is 18.6 Å². The molecular formula is C22H23N3. The van der Waals surface area contributed by atoms with Crippen LogP contribution in [0, 0.1) is 17.2 Å². The summed E-state index contributed by atoms with van der Waals surface area (Å²) in [4.78, 5) is 0. The molecule has 1 aliphatic rings. The van der Waals surface area contributed by atoms with Gasteiger partial charge in [-0.05, 0) is 35.6 Å². The SMILES string of the molecule is N#Cc1ccc([C@@H](NCc2ccccc2)C(N)C2C=CC=CC2)cc1.